The van der Waals surface area contributed by atoms with Gasteiger partial charge >= 0.3 is 5.97 Å². The number of anilines is 2. The Morgan fingerprint density at radius 1 is 0.886 bits per heavy atom. The highest BCUT2D eigenvalue weighted by Crippen LogP contribution is 2.31. The zero-order valence-electron chi connectivity index (χ0n) is 19.3. The van der Waals surface area contributed by atoms with E-state index in [9.17, 15) is 14.4 Å². The Bertz CT molecular complexity index is 1330. The van der Waals surface area contributed by atoms with Crippen LogP contribution in [0.15, 0.2) is 88.0 Å². The number of esters is 1. The average Bonchev–Trinajstić information content (AvgIpc) is 3.03. The van der Waals surface area contributed by atoms with Gasteiger partial charge < -0.3 is 10.1 Å². The van der Waals surface area contributed by atoms with Crippen LogP contribution in [0.5, 0.6) is 5.75 Å². The van der Waals surface area contributed by atoms with Crippen LogP contribution in [0.25, 0.3) is 0 Å². The number of halogens is 2. The smallest absolute Gasteiger partial charge is 0.343 e. The molecule has 0 saturated heterocycles. The lowest BCUT2D eigenvalue weighted by atomic mass is 9.87. The van der Waals surface area contributed by atoms with E-state index in [2.05, 4.69) is 42.0 Å². The summed E-state index contributed by atoms with van der Waals surface area (Å²) in [7, 11) is 0. The highest BCUT2D eigenvalue weighted by atomic mass is 79.9. The van der Waals surface area contributed by atoms with Gasteiger partial charge in [-0.2, -0.15) is 0 Å². The predicted octanol–water partition coefficient (Wildman–Crippen LogP) is 6.40. The maximum Gasteiger partial charge on any atom is 0.343 e. The molecule has 0 aromatic heterocycles. The molecular formula is C27H22BrClN2O4. The van der Waals surface area contributed by atoms with Gasteiger partial charge in [0.05, 0.1) is 11.3 Å². The first-order valence-corrected chi connectivity index (χ1v) is 12.0. The number of amides is 2. The number of ether oxygens (including phenoxy) is 1. The molecule has 3 aromatic carbocycles. The molecule has 35 heavy (non-hydrogen) atoms. The predicted molar refractivity (Wildman–Crippen MR) is 140 cm³/mol. The van der Waals surface area contributed by atoms with Crippen molar-refractivity contribution in [2.45, 2.75) is 26.2 Å². The van der Waals surface area contributed by atoms with E-state index in [0.29, 0.717) is 22.7 Å². The van der Waals surface area contributed by atoms with Crippen LogP contribution in [0.4, 0.5) is 11.4 Å². The largest absolute Gasteiger partial charge is 0.423 e. The molecule has 1 aliphatic rings. The second kappa shape index (κ2) is 9.68. The van der Waals surface area contributed by atoms with E-state index in [-0.39, 0.29) is 16.1 Å². The molecule has 1 N–H and O–H groups in total. The summed E-state index contributed by atoms with van der Waals surface area (Å²) in [5.41, 5.74) is 2.34. The molecule has 0 aliphatic carbocycles. The summed E-state index contributed by atoms with van der Waals surface area (Å²) < 4.78 is 6.28. The standard InChI is InChI=1S/C27H22BrClN2O4/c1-27(2,3)17-6-14-21(15-7-17)35-26(34)16-4-10-19(11-5-16)30-23-22(29)24(32)31(25(23)33)20-12-8-18(28)9-13-20/h4-15,30H,1-3H3. The third-order valence-electron chi connectivity index (χ3n) is 5.43. The van der Waals surface area contributed by atoms with E-state index in [1.54, 1.807) is 60.7 Å². The molecule has 3 aromatic rings. The molecular weight excluding hydrogens is 532 g/mol. The van der Waals surface area contributed by atoms with E-state index >= 15 is 0 Å². The molecule has 1 aliphatic heterocycles. The maximum absolute atomic E-state index is 12.9. The van der Waals surface area contributed by atoms with Gasteiger partial charge in [0.2, 0.25) is 0 Å². The number of imide groups is 1. The van der Waals surface area contributed by atoms with Crippen LogP contribution in [0.1, 0.15) is 36.7 Å². The fourth-order valence-corrected chi connectivity index (χ4v) is 3.94. The molecule has 1 heterocycles. The highest BCUT2D eigenvalue weighted by molar-refractivity contribution is 9.10. The summed E-state index contributed by atoms with van der Waals surface area (Å²) in [5, 5.41) is 2.68. The van der Waals surface area contributed by atoms with Gasteiger partial charge in [-0.3, -0.25) is 9.59 Å². The van der Waals surface area contributed by atoms with Crippen molar-refractivity contribution in [3.05, 3.63) is 99.1 Å². The Hall–Kier alpha value is -3.42. The Labute approximate surface area is 216 Å². The van der Waals surface area contributed by atoms with Crippen LogP contribution in [0.3, 0.4) is 0 Å². The zero-order valence-corrected chi connectivity index (χ0v) is 21.6. The van der Waals surface area contributed by atoms with Gasteiger partial charge in [-0.1, -0.05) is 60.4 Å². The Morgan fingerprint density at radius 2 is 1.49 bits per heavy atom. The first kappa shape index (κ1) is 24.7. The number of hydrogen-bond donors (Lipinski definition) is 1. The van der Waals surface area contributed by atoms with Crippen LogP contribution < -0.4 is 15.0 Å². The van der Waals surface area contributed by atoms with Crippen LogP contribution >= 0.6 is 27.5 Å². The first-order chi connectivity index (χ1) is 16.5. The summed E-state index contributed by atoms with van der Waals surface area (Å²) in [6.45, 7) is 6.33. The third-order valence-corrected chi connectivity index (χ3v) is 6.31. The summed E-state index contributed by atoms with van der Waals surface area (Å²) in [6.07, 6.45) is 0. The van der Waals surface area contributed by atoms with E-state index in [1.807, 2.05) is 12.1 Å². The fraction of sp³-hybridized carbons (Fsp3) is 0.148. The van der Waals surface area contributed by atoms with Crippen molar-refractivity contribution >= 4 is 56.7 Å². The summed E-state index contributed by atoms with van der Waals surface area (Å²) >= 11 is 9.51. The normalized spacial score (nSPS) is 13.9. The molecule has 2 amide bonds. The van der Waals surface area contributed by atoms with Gasteiger partial charge in [0.15, 0.2) is 0 Å². The molecule has 0 atom stereocenters. The summed E-state index contributed by atoms with van der Waals surface area (Å²) in [5.74, 6) is -1.24. The highest BCUT2D eigenvalue weighted by Gasteiger charge is 2.38. The molecule has 8 heteroatoms. The van der Waals surface area contributed by atoms with E-state index in [0.717, 1.165) is 14.9 Å². The monoisotopic (exact) mass is 552 g/mol. The van der Waals surface area contributed by atoms with Crippen molar-refractivity contribution in [2.75, 3.05) is 10.2 Å². The van der Waals surface area contributed by atoms with Crippen LogP contribution in [-0.2, 0) is 15.0 Å². The number of rotatable bonds is 5. The molecule has 0 fully saturated rings. The second-order valence-electron chi connectivity index (χ2n) is 8.98. The molecule has 6 nitrogen and oxygen atoms in total. The summed E-state index contributed by atoms with van der Waals surface area (Å²) in [4.78, 5) is 39.0. The lowest BCUT2D eigenvalue weighted by Gasteiger charge is -2.19. The lowest BCUT2D eigenvalue weighted by Crippen LogP contribution is -2.32. The fourth-order valence-electron chi connectivity index (χ4n) is 3.46. The van der Waals surface area contributed by atoms with Crippen LogP contribution in [0, 0.1) is 0 Å². The number of carbonyl (C=O) groups is 3. The SMILES string of the molecule is CC(C)(C)c1ccc(OC(=O)c2ccc(NC3=C(Cl)C(=O)N(c4ccc(Br)cc4)C3=O)cc2)cc1. The van der Waals surface area contributed by atoms with Gasteiger partial charge in [0, 0.05) is 10.2 Å². The Kier molecular flexibility index (Phi) is 6.83. The number of benzene rings is 3. The van der Waals surface area contributed by atoms with Crippen molar-refractivity contribution in [1.82, 2.24) is 0 Å². The molecule has 178 valence electrons. The molecule has 0 radical (unpaired) electrons. The Morgan fingerprint density at radius 3 is 2.06 bits per heavy atom. The van der Waals surface area contributed by atoms with Crippen molar-refractivity contribution in [2.24, 2.45) is 0 Å². The van der Waals surface area contributed by atoms with Gasteiger partial charge in [-0.25, -0.2) is 9.69 Å². The summed E-state index contributed by atoms with van der Waals surface area (Å²) in [6, 6.07) is 20.5. The van der Waals surface area contributed by atoms with Crippen molar-refractivity contribution in [1.29, 1.82) is 0 Å². The van der Waals surface area contributed by atoms with Crippen molar-refractivity contribution in [3.8, 4) is 5.75 Å². The molecule has 0 bridgehead atoms. The number of nitrogens with zero attached hydrogens (tertiary/aromatic N) is 1. The zero-order chi connectivity index (χ0) is 25.3. The topological polar surface area (TPSA) is 75.7 Å². The quantitative estimate of drug-likeness (QED) is 0.225. The second-order valence-corrected chi connectivity index (χ2v) is 10.3. The minimum Gasteiger partial charge on any atom is -0.423 e. The number of hydrogen-bond acceptors (Lipinski definition) is 5. The van der Waals surface area contributed by atoms with Crippen molar-refractivity contribution < 1.29 is 19.1 Å². The van der Waals surface area contributed by atoms with Crippen LogP contribution in [0.2, 0.25) is 0 Å². The average molecular weight is 554 g/mol. The molecule has 0 saturated carbocycles. The van der Waals surface area contributed by atoms with Gasteiger partial charge in [-0.05, 0) is 71.6 Å². The molecule has 4 rings (SSSR count). The minimum atomic E-state index is -0.612. The number of nitrogens with one attached hydrogen (secondary N) is 1. The van der Waals surface area contributed by atoms with Gasteiger partial charge in [-0.15, -0.1) is 0 Å². The minimum absolute atomic E-state index is 0.00426. The first-order valence-electron chi connectivity index (χ1n) is 10.8. The van der Waals surface area contributed by atoms with Crippen LogP contribution in [-0.4, -0.2) is 17.8 Å². The van der Waals surface area contributed by atoms with E-state index in [4.69, 9.17) is 16.3 Å². The molecule has 0 unspecified atom stereocenters. The van der Waals surface area contributed by atoms with Gasteiger partial charge in [0.1, 0.15) is 16.5 Å². The maximum atomic E-state index is 12.9. The molecule has 0 spiro atoms. The third kappa shape index (κ3) is 5.31. The number of carbonyl (C=O) groups excluding carboxylic acids is 3. The van der Waals surface area contributed by atoms with E-state index in [1.165, 1.54) is 0 Å². The van der Waals surface area contributed by atoms with Crippen molar-refractivity contribution in [3.63, 3.8) is 0 Å². The van der Waals surface area contributed by atoms with Gasteiger partial charge in [0.25, 0.3) is 11.8 Å². The Balaban J connectivity index is 1.44. The van der Waals surface area contributed by atoms with E-state index < -0.39 is 17.8 Å². The lowest BCUT2D eigenvalue weighted by molar-refractivity contribution is -0.120.